The molecular weight excluding hydrogens is 260 g/mol. The van der Waals surface area contributed by atoms with Gasteiger partial charge in [0.15, 0.2) is 0 Å². The van der Waals surface area contributed by atoms with Crippen LogP contribution in [-0.2, 0) is 11.3 Å². The van der Waals surface area contributed by atoms with Crippen molar-refractivity contribution in [3.05, 3.63) is 16.1 Å². The summed E-state index contributed by atoms with van der Waals surface area (Å²) in [5.41, 5.74) is 0.546. The number of aryl methyl sites for hydroxylation is 1. The highest BCUT2D eigenvalue weighted by Gasteiger charge is 2.34. The van der Waals surface area contributed by atoms with Crippen molar-refractivity contribution in [2.75, 3.05) is 26.2 Å². The van der Waals surface area contributed by atoms with Crippen molar-refractivity contribution in [1.82, 2.24) is 20.5 Å². The van der Waals surface area contributed by atoms with Gasteiger partial charge in [0.1, 0.15) is 5.01 Å². The largest absolute Gasteiger partial charge is 0.348 e. The Kier molecular flexibility index (Phi) is 4.54. The normalized spacial score (nSPS) is 17.4. The first-order valence-corrected chi connectivity index (χ1v) is 7.53. The predicted octanol–water partition coefficient (Wildman–Crippen LogP) is 0.752. The number of aromatic nitrogens is 1. The van der Waals surface area contributed by atoms with Crippen molar-refractivity contribution in [2.24, 2.45) is 0 Å². The molecule has 0 saturated carbocycles. The highest BCUT2D eigenvalue weighted by atomic mass is 32.1. The monoisotopic (exact) mass is 282 g/mol. The molecule has 1 aromatic heterocycles. The SMILES string of the molecule is Cc1csc(CNC(=O)C(C)(C)N2CCNCC2)n1. The van der Waals surface area contributed by atoms with Crippen LogP contribution in [0.2, 0.25) is 0 Å². The number of piperazine rings is 1. The number of amides is 1. The van der Waals surface area contributed by atoms with Crippen LogP contribution in [0.3, 0.4) is 0 Å². The quantitative estimate of drug-likeness (QED) is 0.856. The van der Waals surface area contributed by atoms with Gasteiger partial charge >= 0.3 is 0 Å². The minimum atomic E-state index is -0.464. The van der Waals surface area contributed by atoms with E-state index in [9.17, 15) is 4.79 Å². The number of thiazole rings is 1. The Morgan fingerprint density at radius 1 is 1.53 bits per heavy atom. The van der Waals surface area contributed by atoms with Gasteiger partial charge in [0.05, 0.1) is 12.1 Å². The molecule has 0 unspecified atom stereocenters. The summed E-state index contributed by atoms with van der Waals surface area (Å²) in [6, 6.07) is 0. The van der Waals surface area contributed by atoms with Gasteiger partial charge in [-0.2, -0.15) is 0 Å². The van der Waals surface area contributed by atoms with E-state index in [4.69, 9.17) is 0 Å². The van der Waals surface area contributed by atoms with Gasteiger partial charge in [0.2, 0.25) is 5.91 Å². The molecule has 0 bridgehead atoms. The fraction of sp³-hybridized carbons (Fsp3) is 0.692. The standard InChI is InChI=1S/C13H22N4OS/c1-10-9-19-11(16-10)8-15-12(18)13(2,3)17-6-4-14-5-7-17/h9,14H,4-8H2,1-3H3,(H,15,18). The molecule has 19 heavy (non-hydrogen) atoms. The van der Waals surface area contributed by atoms with Crippen LogP contribution in [0.25, 0.3) is 0 Å². The Balaban J connectivity index is 1.90. The second-order valence-electron chi connectivity index (χ2n) is 5.36. The Bertz CT molecular complexity index is 438. The van der Waals surface area contributed by atoms with E-state index in [0.29, 0.717) is 6.54 Å². The third-order valence-electron chi connectivity index (χ3n) is 3.53. The molecule has 1 fully saturated rings. The summed E-state index contributed by atoms with van der Waals surface area (Å²) in [6.45, 7) is 10.2. The molecule has 0 spiro atoms. The number of hydrogen-bond donors (Lipinski definition) is 2. The fourth-order valence-corrected chi connectivity index (χ4v) is 2.94. The molecule has 1 amide bonds. The van der Waals surface area contributed by atoms with Gasteiger partial charge in [0.25, 0.3) is 0 Å². The van der Waals surface area contributed by atoms with Crippen LogP contribution >= 0.6 is 11.3 Å². The second kappa shape index (κ2) is 5.98. The summed E-state index contributed by atoms with van der Waals surface area (Å²) >= 11 is 1.59. The Labute approximate surface area is 118 Å². The minimum Gasteiger partial charge on any atom is -0.348 e. The molecule has 1 aromatic rings. The highest BCUT2D eigenvalue weighted by Crippen LogP contribution is 2.16. The molecule has 0 aliphatic carbocycles. The van der Waals surface area contributed by atoms with Crippen molar-refractivity contribution in [2.45, 2.75) is 32.9 Å². The molecule has 106 valence electrons. The lowest BCUT2D eigenvalue weighted by atomic mass is 10.0. The molecule has 0 radical (unpaired) electrons. The minimum absolute atomic E-state index is 0.0715. The van der Waals surface area contributed by atoms with Gasteiger partial charge < -0.3 is 10.6 Å². The molecule has 2 N–H and O–H groups in total. The molecule has 2 heterocycles. The third kappa shape index (κ3) is 3.52. The average Bonchev–Trinajstić information content (AvgIpc) is 2.82. The maximum Gasteiger partial charge on any atom is 0.240 e. The first kappa shape index (κ1) is 14.4. The van der Waals surface area contributed by atoms with Gasteiger partial charge in [-0.05, 0) is 20.8 Å². The predicted molar refractivity (Wildman–Crippen MR) is 77.2 cm³/mol. The summed E-state index contributed by atoms with van der Waals surface area (Å²) in [5.74, 6) is 0.0715. The summed E-state index contributed by atoms with van der Waals surface area (Å²) in [7, 11) is 0. The van der Waals surface area contributed by atoms with Crippen LogP contribution in [0.4, 0.5) is 0 Å². The van der Waals surface area contributed by atoms with Crippen molar-refractivity contribution in [1.29, 1.82) is 0 Å². The van der Waals surface area contributed by atoms with E-state index in [-0.39, 0.29) is 5.91 Å². The molecule has 2 rings (SSSR count). The highest BCUT2D eigenvalue weighted by molar-refractivity contribution is 7.09. The lowest BCUT2D eigenvalue weighted by molar-refractivity contribution is -0.132. The molecule has 0 atom stereocenters. The number of rotatable bonds is 4. The van der Waals surface area contributed by atoms with Crippen LogP contribution in [0.15, 0.2) is 5.38 Å². The van der Waals surface area contributed by atoms with Crippen molar-refractivity contribution < 1.29 is 4.79 Å². The van der Waals surface area contributed by atoms with E-state index in [0.717, 1.165) is 36.9 Å². The van der Waals surface area contributed by atoms with E-state index in [2.05, 4.69) is 20.5 Å². The maximum absolute atomic E-state index is 12.3. The van der Waals surface area contributed by atoms with E-state index < -0.39 is 5.54 Å². The zero-order valence-corrected chi connectivity index (χ0v) is 12.6. The molecule has 5 nitrogen and oxygen atoms in total. The summed E-state index contributed by atoms with van der Waals surface area (Å²) in [5, 5.41) is 9.26. The summed E-state index contributed by atoms with van der Waals surface area (Å²) in [6.07, 6.45) is 0. The van der Waals surface area contributed by atoms with Crippen LogP contribution in [-0.4, -0.2) is 47.5 Å². The zero-order valence-electron chi connectivity index (χ0n) is 11.8. The average molecular weight is 282 g/mol. The first-order valence-electron chi connectivity index (χ1n) is 6.65. The van der Waals surface area contributed by atoms with Crippen molar-refractivity contribution in [3.63, 3.8) is 0 Å². The molecule has 0 aromatic carbocycles. The van der Waals surface area contributed by atoms with Crippen molar-refractivity contribution >= 4 is 17.2 Å². The first-order chi connectivity index (χ1) is 9.00. The Hall–Kier alpha value is -0.980. The number of nitrogens with one attached hydrogen (secondary N) is 2. The van der Waals surface area contributed by atoms with Crippen LogP contribution in [0.1, 0.15) is 24.5 Å². The molecule has 1 saturated heterocycles. The van der Waals surface area contributed by atoms with E-state index in [1.165, 1.54) is 0 Å². The van der Waals surface area contributed by atoms with E-state index in [1.807, 2.05) is 26.2 Å². The lowest BCUT2D eigenvalue weighted by Gasteiger charge is -2.39. The number of carbonyl (C=O) groups excluding carboxylic acids is 1. The molecular formula is C13H22N4OS. The molecule has 1 aliphatic rings. The van der Waals surface area contributed by atoms with E-state index in [1.54, 1.807) is 11.3 Å². The molecule has 6 heteroatoms. The van der Waals surface area contributed by atoms with E-state index >= 15 is 0 Å². The Morgan fingerprint density at radius 3 is 2.79 bits per heavy atom. The van der Waals surface area contributed by atoms with Crippen LogP contribution < -0.4 is 10.6 Å². The third-order valence-corrected chi connectivity index (χ3v) is 4.50. The topological polar surface area (TPSA) is 57.3 Å². The summed E-state index contributed by atoms with van der Waals surface area (Å²) in [4.78, 5) is 18.9. The van der Waals surface area contributed by atoms with Crippen LogP contribution in [0.5, 0.6) is 0 Å². The van der Waals surface area contributed by atoms with Gasteiger partial charge in [-0.25, -0.2) is 4.98 Å². The van der Waals surface area contributed by atoms with Gasteiger partial charge in [-0.3, -0.25) is 9.69 Å². The van der Waals surface area contributed by atoms with Gasteiger partial charge in [0, 0.05) is 37.3 Å². The van der Waals surface area contributed by atoms with Crippen molar-refractivity contribution in [3.8, 4) is 0 Å². The van der Waals surface area contributed by atoms with Gasteiger partial charge in [-0.15, -0.1) is 11.3 Å². The maximum atomic E-state index is 12.3. The Morgan fingerprint density at radius 2 is 2.21 bits per heavy atom. The van der Waals surface area contributed by atoms with Gasteiger partial charge in [-0.1, -0.05) is 0 Å². The second-order valence-corrected chi connectivity index (χ2v) is 6.30. The number of nitrogens with zero attached hydrogens (tertiary/aromatic N) is 2. The fourth-order valence-electron chi connectivity index (χ4n) is 2.22. The number of hydrogen-bond acceptors (Lipinski definition) is 5. The molecule has 1 aliphatic heterocycles. The smallest absolute Gasteiger partial charge is 0.240 e. The van der Waals surface area contributed by atoms with Crippen LogP contribution in [0, 0.1) is 6.92 Å². The summed E-state index contributed by atoms with van der Waals surface area (Å²) < 4.78 is 0. The number of carbonyl (C=O) groups is 1. The lowest BCUT2D eigenvalue weighted by Crippen LogP contribution is -2.59. The zero-order chi connectivity index (χ0) is 13.9.